The molecule has 440 valence electrons. The molecule has 74 heavy (non-hydrogen) atoms. The Kier molecular flexibility index (Phi) is 55.9. The van der Waals surface area contributed by atoms with Crippen molar-refractivity contribution in [3.63, 3.8) is 0 Å². The summed E-state index contributed by atoms with van der Waals surface area (Å²) in [6.07, 6.45) is 73.1. The predicted octanol–water partition coefficient (Wildman–Crippen LogP) is 19.7. The van der Waals surface area contributed by atoms with E-state index < -0.39 is 20.0 Å². The lowest BCUT2D eigenvalue weighted by Gasteiger charge is -2.29. The number of rotatable bonds is 61. The molecule has 0 aromatic carbocycles. The number of nitrogens with one attached hydrogen (secondary N) is 1. The van der Waals surface area contributed by atoms with Crippen LogP contribution in [0.5, 0.6) is 0 Å². The maximum atomic E-state index is 13.0. The highest BCUT2D eigenvalue weighted by Crippen LogP contribution is 2.38. The number of hydrogen-bond donors (Lipinski definition) is 2. The van der Waals surface area contributed by atoms with E-state index in [9.17, 15) is 19.4 Å². The van der Waals surface area contributed by atoms with Crippen molar-refractivity contribution < 1.29 is 32.9 Å². The molecular weight excluding hydrogens is 936 g/mol. The van der Waals surface area contributed by atoms with Crippen LogP contribution in [0.25, 0.3) is 0 Å². The van der Waals surface area contributed by atoms with Crippen LogP contribution in [-0.4, -0.2) is 68.5 Å². The van der Waals surface area contributed by atoms with Crippen LogP contribution in [0.4, 0.5) is 0 Å². The molecule has 2 N–H and O–H groups in total. The zero-order chi connectivity index (χ0) is 54.2. The molecule has 0 rings (SSSR count). The molecule has 9 heteroatoms. The topological polar surface area (TPSA) is 108 Å². The second-order valence-corrected chi connectivity index (χ2v) is 25.2. The first kappa shape index (κ1) is 73.0. The second-order valence-electron chi connectivity index (χ2n) is 23.8. The maximum Gasteiger partial charge on any atom is 0.268 e. The Morgan fingerprint density at radius 3 is 1.09 bits per heavy atom. The van der Waals surface area contributed by atoms with Crippen LogP contribution in [0, 0.1) is 0 Å². The predicted molar refractivity (Wildman–Crippen MR) is 321 cm³/mol. The minimum atomic E-state index is -4.60. The van der Waals surface area contributed by atoms with Gasteiger partial charge in [-0.2, -0.15) is 0 Å². The SMILES string of the molecule is CCCCCCCCCCCC/C=C/CC/C=C/C(O)C(COP(=O)([O-])OCC[N+](C)(C)C)NC(=O)CCCCCCCCCCCCCCCCCCCCCCCCCCCCCCCCCCCCCC. The van der Waals surface area contributed by atoms with Crippen LogP contribution in [0.15, 0.2) is 24.3 Å². The molecular formula is C65H129N2O6P. The summed E-state index contributed by atoms with van der Waals surface area (Å²) >= 11 is 0. The Morgan fingerprint density at radius 2 is 0.757 bits per heavy atom. The summed E-state index contributed by atoms with van der Waals surface area (Å²) in [5.41, 5.74) is 0. The van der Waals surface area contributed by atoms with Gasteiger partial charge in [-0.1, -0.05) is 321 Å². The Bertz CT molecular complexity index is 1260. The number of allylic oxidation sites excluding steroid dienone is 3. The molecule has 0 aliphatic rings. The highest BCUT2D eigenvalue weighted by Gasteiger charge is 2.23. The number of carbonyl (C=O) groups excluding carboxylic acids is 1. The fourth-order valence-corrected chi connectivity index (χ4v) is 10.8. The summed E-state index contributed by atoms with van der Waals surface area (Å²) < 4.78 is 23.4. The first-order valence-electron chi connectivity index (χ1n) is 32.7. The molecule has 0 bridgehead atoms. The molecule has 0 saturated heterocycles. The molecule has 0 aliphatic carbocycles. The van der Waals surface area contributed by atoms with Crippen LogP contribution >= 0.6 is 7.82 Å². The molecule has 0 aliphatic heterocycles. The van der Waals surface area contributed by atoms with E-state index in [2.05, 4.69) is 31.3 Å². The maximum absolute atomic E-state index is 13.0. The highest BCUT2D eigenvalue weighted by atomic mass is 31.2. The van der Waals surface area contributed by atoms with E-state index in [4.69, 9.17) is 9.05 Å². The summed E-state index contributed by atoms with van der Waals surface area (Å²) in [5, 5.41) is 13.9. The van der Waals surface area contributed by atoms with Crippen molar-refractivity contribution >= 4 is 13.7 Å². The lowest BCUT2D eigenvalue weighted by atomic mass is 10.0. The van der Waals surface area contributed by atoms with Crippen molar-refractivity contribution in [3.05, 3.63) is 24.3 Å². The summed E-state index contributed by atoms with van der Waals surface area (Å²) in [5.74, 6) is -0.200. The summed E-state index contributed by atoms with van der Waals surface area (Å²) in [6, 6.07) is -0.900. The quantitative estimate of drug-likeness (QED) is 0.0272. The molecule has 0 aromatic heterocycles. The lowest BCUT2D eigenvalue weighted by molar-refractivity contribution is -0.870. The molecule has 1 amide bonds. The standard InChI is InChI=1S/C65H129N2O6P/c1-6-8-10-12-14-16-18-20-22-24-25-26-27-28-29-30-31-32-33-34-35-36-37-38-39-40-41-42-43-45-47-49-51-53-55-57-59-65(69)66-63(62-73-74(70,71)72-61-60-67(3,4)5)64(68)58-56-54-52-50-48-46-44-23-21-19-17-15-13-11-9-7-2/h48,50,56,58,63-64,68H,6-47,49,51-55,57,59-62H2,1-5H3,(H-,66,69,70,71)/b50-48+,58-56+. The number of hydrogen-bond acceptors (Lipinski definition) is 6. The minimum absolute atomic E-state index is 0.00374. The summed E-state index contributed by atoms with van der Waals surface area (Å²) in [7, 11) is 1.26. The van der Waals surface area contributed by atoms with Crippen molar-refractivity contribution in [2.24, 2.45) is 0 Å². The molecule has 0 fully saturated rings. The number of quaternary nitrogens is 1. The third kappa shape index (κ3) is 58.7. The van der Waals surface area contributed by atoms with Gasteiger partial charge in [0.15, 0.2) is 0 Å². The number of carbonyl (C=O) groups is 1. The van der Waals surface area contributed by atoms with Crippen LogP contribution in [0.1, 0.15) is 335 Å². The minimum Gasteiger partial charge on any atom is -0.756 e. The Labute approximate surface area is 462 Å². The monoisotopic (exact) mass is 1060 g/mol. The van der Waals surface area contributed by atoms with Gasteiger partial charge in [-0.15, -0.1) is 0 Å². The van der Waals surface area contributed by atoms with Gasteiger partial charge in [0.25, 0.3) is 7.82 Å². The Morgan fingerprint density at radius 1 is 0.459 bits per heavy atom. The normalized spacial score (nSPS) is 13.9. The van der Waals surface area contributed by atoms with Gasteiger partial charge >= 0.3 is 0 Å². The molecule has 3 atom stereocenters. The van der Waals surface area contributed by atoms with Gasteiger partial charge in [0.05, 0.1) is 39.9 Å². The van der Waals surface area contributed by atoms with Gasteiger partial charge < -0.3 is 28.8 Å². The van der Waals surface area contributed by atoms with E-state index >= 15 is 0 Å². The third-order valence-corrected chi connectivity index (χ3v) is 16.1. The molecule has 0 aromatic rings. The van der Waals surface area contributed by atoms with E-state index in [1.807, 2.05) is 27.2 Å². The first-order chi connectivity index (χ1) is 36.0. The van der Waals surface area contributed by atoms with Crippen molar-refractivity contribution in [1.29, 1.82) is 0 Å². The number of likely N-dealkylation sites (N-methyl/N-ethyl adjacent to an activating group) is 1. The number of unbranched alkanes of at least 4 members (excludes halogenated alkanes) is 46. The number of phosphoric acid groups is 1. The smallest absolute Gasteiger partial charge is 0.268 e. The van der Waals surface area contributed by atoms with E-state index in [1.165, 1.54) is 276 Å². The fourth-order valence-electron chi connectivity index (χ4n) is 10.1. The Hall–Kier alpha value is -1.02. The number of amides is 1. The van der Waals surface area contributed by atoms with Crippen LogP contribution in [-0.2, 0) is 18.4 Å². The third-order valence-electron chi connectivity index (χ3n) is 15.2. The van der Waals surface area contributed by atoms with Gasteiger partial charge in [0, 0.05) is 6.42 Å². The summed E-state index contributed by atoms with van der Waals surface area (Å²) in [4.78, 5) is 25.5. The van der Waals surface area contributed by atoms with Crippen molar-refractivity contribution in [1.82, 2.24) is 5.32 Å². The molecule has 0 saturated carbocycles. The fraction of sp³-hybridized carbons (Fsp3) is 0.923. The molecule has 0 spiro atoms. The van der Waals surface area contributed by atoms with Gasteiger partial charge in [-0.3, -0.25) is 9.36 Å². The van der Waals surface area contributed by atoms with Crippen molar-refractivity contribution in [2.75, 3.05) is 40.9 Å². The van der Waals surface area contributed by atoms with E-state index in [-0.39, 0.29) is 19.1 Å². The average Bonchev–Trinajstić information content (AvgIpc) is 3.36. The molecule has 8 nitrogen and oxygen atoms in total. The van der Waals surface area contributed by atoms with Crippen molar-refractivity contribution in [3.8, 4) is 0 Å². The lowest BCUT2D eigenvalue weighted by Crippen LogP contribution is -2.45. The van der Waals surface area contributed by atoms with Gasteiger partial charge in [-0.25, -0.2) is 0 Å². The molecule has 0 heterocycles. The van der Waals surface area contributed by atoms with E-state index in [0.717, 1.165) is 38.5 Å². The first-order valence-corrected chi connectivity index (χ1v) is 34.2. The van der Waals surface area contributed by atoms with Crippen LogP contribution < -0.4 is 10.2 Å². The van der Waals surface area contributed by atoms with E-state index in [1.54, 1.807) is 6.08 Å². The van der Waals surface area contributed by atoms with Gasteiger partial charge in [0.1, 0.15) is 13.2 Å². The highest BCUT2D eigenvalue weighted by molar-refractivity contribution is 7.45. The largest absolute Gasteiger partial charge is 0.756 e. The van der Waals surface area contributed by atoms with Gasteiger partial charge in [0.2, 0.25) is 5.91 Å². The number of nitrogens with zero attached hydrogens (tertiary/aromatic N) is 1. The average molecular weight is 1070 g/mol. The number of phosphoric ester groups is 1. The number of aliphatic hydroxyl groups excluding tert-OH is 1. The van der Waals surface area contributed by atoms with Crippen LogP contribution in [0.2, 0.25) is 0 Å². The second kappa shape index (κ2) is 56.7. The van der Waals surface area contributed by atoms with Gasteiger partial charge in [-0.05, 0) is 32.1 Å². The molecule has 0 radical (unpaired) electrons. The summed E-state index contributed by atoms with van der Waals surface area (Å²) in [6.45, 7) is 4.67. The van der Waals surface area contributed by atoms with E-state index in [0.29, 0.717) is 17.4 Å². The van der Waals surface area contributed by atoms with Crippen LogP contribution in [0.3, 0.4) is 0 Å². The van der Waals surface area contributed by atoms with Crippen molar-refractivity contribution in [2.45, 2.75) is 347 Å². The number of aliphatic hydroxyl groups is 1. The zero-order valence-electron chi connectivity index (χ0n) is 50.3. The molecule has 3 unspecified atom stereocenters. The Balaban J connectivity index is 3.94. The zero-order valence-corrected chi connectivity index (χ0v) is 51.2.